The summed E-state index contributed by atoms with van der Waals surface area (Å²) in [6.07, 6.45) is 0. The zero-order valence-electron chi connectivity index (χ0n) is 20.5. The Morgan fingerprint density at radius 2 is 1.11 bits per heavy atom. The van der Waals surface area contributed by atoms with Crippen LogP contribution in [0.15, 0.2) is 72.8 Å². The van der Waals surface area contributed by atoms with E-state index in [9.17, 15) is 19.2 Å². The van der Waals surface area contributed by atoms with Crippen molar-refractivity contribution >= 4 is 58.2 Å². The number of rotatable bonds is 4. The lowest BCUT2D eigenvalue weighted by atomic mass is 9.54. The van der Waals surface area contributed by atoms with Gasteiger partial charge in [-0.05, 0) is 53.4 Å². The van der Waals surface area contributed by atoms with Crippen molar-refractivity contribution < 1.29 is 19.2 Å². The lowest BCUT2D eigenvalue weighted by Crippen LogP contribution is -2.57. The number of halogens is 2. The van der Waals surface area contributed by atoms with Gasteiger partial charge in [0.1, 0.15) is 15.8 Å². The van der Waals surface area contributed by atoms with Crippen LogP contribution in [0, 0.1) is 11.8 Å². The van der Waals surface area contributed by atoms with E-state index in [0.29, 0.717) is 33.6 Å². The zero-order valence-corrected chi connectivity index (χ0v) is 22.0. The van der Waals surface area contributed by atoms with E-state index in [4.69, 9.17) is 23.2 Å². The van der Waals surface area contributed by atoms with Crippen LogP contribution in [-0.4, -0.2) is 34.6 Å². The second-order valence-electron chi connectivity index (χ2n) is 9.94. The van der Waals surface area contributed by atoms with Gasteiger partial charge in [-0.2, -0.15) is 0 Å². The van der Waals surface area contributed by atoms with Crippen LogP contribution in [0.1, 0.15) is 36.1 Å². The molecule has 0 unspecified atom stereocenters. The first-order valence-electron chi connectivity index (χ1n) is 12.2. The van der Waals surface area contributed by atoms with Crippen molar-refractivity contribution in [2.45, 2.75) is 29.6 Å². The van der Waals surface area contributed by atoms with Gasteiger partial charge in [0, 0.05) is 18.3 Å². The Bertz CT molecular complexity index is 1420. The Hall–Kier alpha value is -3.68. The zero-order chi connectivity index (χ0) is 27.0. The summed E-state index contributed by atoms with van der Waals surface area (Å²) in [6.45, 7) is 2.91. The van der Waals surface area contributed by atoms with Gasteiger partial charge in [-0.15, -0.1) is 23.2 Å². The van der Waals surface area contributed by atoms with E-state index in [0.717, 1.165) is 4.90 Å². The average molecular weight is 548 g/mol. The molecule has 0 aromatic heterocycles. The number of nitrogens with one attached hydrogen (secondary N) is 2. The number of nitrogens with zero attached hydrogens (tertiary/aromatic N) is 1. The minimum absolute atomic E-state index is 0.213. The molecule has 2 N–H and O–H groups in total. The fourth-order valence-electron chi connectivity index (χ4n) is 6.27. The lowest BCUT2D eigenvalue weighted by Gasteiger charge is -2.54. The molecule has 7 nitrogen and oxygen atoms in total. The molecule has 9 heteroatoms. The van der Waals surface area contributed by atoms with Gasteiger partial charge in [-0.1, -0.05) is 48.5 Å². The topological polar surface area (TPSA) is 95.6 Å². The molecule has 3 atom stereocenters. The molecule has 4 amide bonds. The number of hydrogen-bond acceptors (Lipinski definition) is 4. The summed E-state index contributed by atoms with van der Waals surface area (Å²) in [5.74, 6) is -3.72. The van der Waals surface area contributed by atoms with Crippen molar-refractivity contribution in [3.8, 4) is 0 Å². The summed E-state index contributed by atoms with van der Waals surface area (Å²) in [5, 5.41) is 5.40. The molecule has 0 spiro atoms. The van der Waals surface area contributed by atoms with Crippen LogP contribution in [0.3, 0.4) is 0 Å². The predicted octanol–water partition coefficient (Wildman–Crippen LogP) is 4.57. The Kier molecular flexibility index (Phi) is 5.46. The monoisotopic (exact) mass is 547 g/mol. The normalized spacial score (nSPS) is 27.3. The minimum Gasteiger partial charge on any atom is -0.326 e. The van der Waals surface area contributed by atoms with E-state index < -0.39 is 45.3 Å². The predicted molar refractivity (Wildman–Crippen MR) is 144 cm³/mol. The highest BCUT2D eigenvalue weighted by atomic mass is 35.5. The number of amides is 4. The number of imide groups is 1. The maximum Gasteiger partial charge on any atom is 0.247 e. The van der Waals surface area contributed by atoms with E-state index in [2.05, 4.69) is 10.6 Å². The molecule has 38 heavy (non-hydrogen) atoms. The van der Waals surface area contributed by atoms with Crippen molar-refractivity contribution in [1.82, 2.24) is 4.90 Å². The van der Waals surface area contributed by atoms with Crippen LogP contribution in [0.5, 0.6) is 0 Å². The first-order chi connectivity index (χ1) is 18.1. The SMILES string of the molecule is CC(=O)Nc1ccc(NC(=O)[C@H](C)N2C(=O)[C@H]3[C@H](C2=O)C2(Cl)c4ccccc4C3(Cl)c3ccccc32)cc1. The summed E-state index contributed by atoms with van der Waals surface area (Å²) in [5.41, 5.74) is 3.85. The third kappa shape index (κ3) is 3.15. The Labute approximate surface area is 229 Å². The van der Waals surface area contributed by atoms with Crippen LogP contribution in [0.25, 0.3) is 0 Å². The number of carbonyl (C=O) groups is 4. The van der Waals surface area contributed by atoms with E-state index in [-0.39, 0.29) is 5.91 Å². The number of carbonyl (C=O) groups excluding carboxylic acids is 4. The van der Waals surface area contributed by atoms with Crippen LogP contribution < -0.4 is 10.6 Å². The smallest absolute Gasteiger partial charge is 0.247 e. The Morgan fingerprint density at radius 3 is 1.47 bits per heavy atom. The maximum atomic E-state index is 14.0. The molecule has 0 radical (unpaired) electrons. The highest BCUT2D eigenvalue weighted by Crippen LogP contribution is 2.69. The molecule has 7 rings (SSSR count). The van der Waals surface area contributed by atoms with Crippen LogP contribution in [0.2, 0.25) is 0 Å². The largest absolute Gasteiger partial charge is 0.326 e. The summed E-state index contributed by atoms with van der Waals surface area (Å²) in [4.78, 5) is 50.9. The number of alkyl halides is 2. The molecule has 0 saturated carbocycles. The van der Waals surface area contributed by atoms with Gasteiger partial charge in [-0.25, -0.2) is 0 Å². The van der Waals surface area contributed by atoms with E-state index in [1.807, 2.05) is 48.5 Å². The van der Waals surface area contributed by atoms with Crippen molar-refractivity contribution in [2.24, 2.45) is 11.8 Å². The Balaban J connectivity index is 1.36. The fraction of sp³-hybridized carbons (Fsp3) is 0.241. The highest BCUT2D eigenvalue weighted by molar-refractivity contribution is 6.36. The fourth-order valence-corrected chi connectivity index (χ4v) is 7.37. The third-order valence-electron chi connectivity index (χ3n) is 7.86. The molecule has 2 bridgehead atoms. The molecule has 1 fully saturated rings. The minimum atomic E-state index is -1.30. The summed E-state index contributed by atoms with van der Waals surface area (Å²) < 4.78 is 0. The van der Waals surface area contributed by atoms with Crippen molar-refractivity contribution in [2.75, 3.05) is 10.6 Å². The van der Waals surface area contributed by atoms with Crippen molar-refractivity contribution in [1.29, 1.82) is 0 Å². The lowest BCUT2D eigenvalue weighted by molar-refractivity contribution is -0.146. The van der Waals surface area contributed by atoms with E-state index in [1.54, 1.807) is 24.3 Å². The van der Waals surface area contributed by atoms with Crippen LogP contribution in [-0.2, 0) is 28.9 Å². The molecular formula is C29H23Cl2N3O4. The van der Waals surface area contributed by atoms with Gasteiger partial charge in [0.15, 0.2) is 0 Å². The molecule has 3 aliphatic carbocycles. The van der Waals surface area contributed by atoms with Gasteiger partial charge in [0.05, 0.1) is 11.8 Å². The average Bonchev–Trinajstić information content (AvgIpc) is 3.18. The summed E-state index contributed by atoms with van der Waals surface area (Å²) in [7, 11) is 0. The van der Waals surface area contributed by atoms with Crippen LogP contribution in [0.4, 0.5) is 11.4 Å². The van der Waals surface area contributed by atoms with Gasteiger partial charge in [0.25, 0.3) is 0 Å². The molecule has 1 aliphatic heterocycles. The van der Waals surface area contributed by atoms with Gasteiger partial charge < -0.3 is 10.6 Å². The van der Waals surface area contributed by atoms with Gasteiger partial charge >= 0.3 is 0 Å². The first-order valence-corrected chi connectivity index (χ1v) is 13.0. The molecule has 4 aliphatic rings. The molecule has 3 aromatic rings. The number of benzene rings is 3. The molecule has 1 saturated heterocycles. The van der Waals surface area contributed by atoms with Crippen molar-refractivity contribution in [3.63, 3.8) is 0 Å². The molecule has 1 heterocycles. The number of hydrogen-bond donors (Lipinski definition) is 2. The van der Waals surface area contributed by atoms with Crippen LogP contribution >= 0.6 is 23.2 Å². The second-order valence-corrected chi connectivity index (χ2v) is 11.1. The first kappa shape index (κ1) is 24.6. The highest BCUT2D eigenvalue weighted by Gasteiger charge is 2.73. The van der Waals surface area contributed by atoms with Gasteiger partial charge in [-0.3, -0.25) is 24.1 Å². The van der Waals surface area contributed by atoms with E-state index in [1.165, 1.54) is 13.8 Å². The third-order valence-corrected chi connectivity index (χ3v) is 9.14. The quantitative estimate of drug-likeness (QED) is 0.369. The van der Waals surface area contributed by atoms with E-state index >= 15 is 0 Å². The number of likely N-dealkylation sites (tertiary alicyclic amines) is 1. The Morgan fingerprint density at radius 1 is 0.737 bits per heavy atom. The summed E-state index contributed by atoms with van der Waals surface area (Å²) >= 11 is 14.8. The second kappa shape index (κ2) is 8.41. The maximum absolute atomic E-state index is 14.0. The van der Waals surface area contributed by atoms with Gasteiger partial charge in [0.2, 0.25) is 23.6 Å². The van der Waals surface area contributed by atoms with Crippen molar-refractivity contribution in [3.05, 3.63) is 95.1 Å². The standard InChI is InChI=1S/C29H23Cl2N3O4/c1-15(25(36)33-18-13-11-17(12-14-18)32-16(2)35)34-26(37)23-24(27(34)38)29(31)20-8-4-3-7-19(20)28(23,30)21-9-5-6-10-22(21)29/h3-15,23-24H,1-2H3,(H,32,35)(H,33,36)/t15-,23+,24+,28?,29?/m0/s1. The molecule has 3 aromatic carbocycles. The number of anilines is 2. The molecular weight excluding hydrogens is 525 g/mol. The molecule has 192 valence electrons. The summed E-state index contributed by atoms with van der Waals surface area (Å²) in [6, 6.07) is 20.2.